The number of hydrogen-bond donors (Lipinski definition) is 3. The number of nitrogens with one attached hydrogen (secondary N) is 3. The van der Waals surface area contributed by atoms with Crippen molar-refractivity contribution < 1.29 is 14.0 Å². The topological polar surface area (TPSA) is 83.4 Å². The van der Waals surface area contributed by atoms with Crippen LogP contribution in [0.4, 0.5) is 11.4 Å². The molecule has 0 fully saturated rings. The van der Waals surface area contributed by atoms with E-state index in [2.05, 4.69) is 16.0 Å². The van der Waals surface area contributed by atoms with Crippen molar-refractivity contribution in [1.82, 2.24) is 5.32 Å². The second kappa shape index (κ2) is 7.68. The Morgan fingerprint density at radius 2 is 1.83 bits per heavy atom. The van der Waals surface area contributed by atoms with Crippen LogP contribution >= 0.6 is 0 Å². The summed E-state index contributed by atoms with van der Waals surface area (Å²) in [4.78, 5) is 23.8. The molecule has 6 nitrogen and oxygen atoms in total. The lowest BCUT2D eigenvalue weighted by molar-refractivity contribution is -0.123. The fourth-order valence-corrected chi connectivity index (χ4v) is 1.87. The molecule has 0 aliphatic rings. The molecule has 6 heteroatoms. The SMILES string of the molecule is CC(C)(C)C(=O)Nc1cccc(NCC(=O)NCc2ccco2)c1. The van der Waals surface area contributed by atoms with Crippen molar-refractivity contribution >= 4 is 23.2 Å². The normalized spacial score (nSPS) is 11.0. The lowest BCUT2D eigenvalue weighted by Gasteiger charge is -2.18. The highest BCUT2D eigenvalue weighted by atomic mass is 16.3. The number of amides is 2. The van der Waals surface area contributed by atoms with E-state index in [-0.39, 0.29) is 18.4 Å². The lowest BCUT2D eigenvalue weighted by atomic mass is 9.95. The molecule has 0 aliphatic carbocycles. The third-order valence-corrected chi connectivity index (χ3v) is 3.29. The standard InChI is InChI=1S/C18H23N3O3/c1-18(2,3)17(23)21-14-7-4-6-13(10-14)19-12-16(22)20-11-15-8-5-9-24-15/h4-10,19H,11-12H2,1-3H3,(H,20,22)(H,21,23). The number of rotatable bonds is 6. The average Bonchev–Trinajstić information content (AvgIpc) is 3.04. The number of furan rings is 1. The summed E-state index contributed by atoms with van der Waals surface area (Å²) < 4.78 is 5.15. The molecule has 0 radical (unpaired) electrons. The zero-order valence-electron chi connectivity index (χ0n) is 14.2. The van der Waals surface area contributed by atoms with Gasteiger partial charge in [0, 0.05) is 16.8 Å². The summed E-state index contributed by atoms with van der Waals surface area (Å²) in [6.07, 6.45) is 1.57. The summed E-state index contributed by atoms with van der Waals surface area (Å²) in [6.45, 7) is 6.06. The van der Waals surface area contributed by atoms with E-state index < -0.39 is 5.41 Å². The molecule has 2 amide bonds. The molecular weight excluding hydrogens is 306 g/mol. The van der Waals surface area contributed by atoms with E-state index in [1.54, 1.807) is 24.5 Å². The predicted molar refractivity (Wildman–Crippen MR) is 93.6 cm³/mol. The molecule has 0 saturated carbocycles. The Morgan fingerprint density at radius 1 is 1.08 bits per heavy atom. The number of hydrogen-bond acceptors (Lipinski definition) is 4. The van der Waals surface area contributed by atoms with E-state index in [4.69, 9.17) is 4.42 Å². The van der Waals surface area contributed by atoms with Crippen LogP contribution in [0.5, 0.6) is 0 Å². The highest BCUT2D eigenvalue weighted by molar-refractivity contribution is 5.95. The molecule has 1 aromatic carbocycles. The van der Waals surface area contributed by atoms with Crippen LogP contribution in [-0.2, 0) is 16.1 Å². The Bertz CT molecular complexity index is 688. The maximum Gasteiger partial charge on any atom is 0.239 e. The van der Waals surface area contributed by atoms with E-state index in [1.165, 1.54) is 0 Å². The van der Waals surface area contributed by atoms with Gasteiger partial charge in [-0.25, -0.2) is 0 Å². The zero-order valence-corrected chi connectivity index (χ0v) is 14.2. The van der Waals surface area contributed by atoms with Crippen LogP contribution < -0.4 is 16.0 Å². The molecule has 1 aromatic heterocycles. The van der Waals surface area contributed by atoms with Crippen molar-refractivity contribution in [3.05, 3.63) is 48.4 Å². The van der Waals surface area contributed by atoms with Crippen LogP contribution in [0.2, 0.25) is 0 Å². The third-order valence-electron chi connectivity index (χ3n) is 3.29. The van der Waals surface area contributed by atoms with Gasteiger partial charge in [0.05, 0.1) is 19.4 Å². The van der Waals surface area contributed by atoms with Gasteiger partial charge in [0.15, 0.2) is 0 Å². The minimum absolute atomic E-state index is 0.0594. The minimum Gasteiger partial charge on any atom is -0.467 e. The van der Waals surface area contributed by atoms with E-state index in [9.17, 15) is 9.59 Å². The van der Waals surface area contributed by atoms with Crippen LogP contribution in [0.25, 0.3) is 0 Å². The molecule has 0 bridgehead atoms. The van der Waals surface area contributed by atoms with E-state index >= 15 is 0 Å². The predicted octanol–water partition coefficient (Wildman–Crippen LogP) is 2.99. The molecule has 0 spiro atoms. The lowest BCUT2D eigenvalue weighted by Crippen LogP contribution is -2.29. The first kappa shape index (κ1) is 17.6. The summed E-state index contributed by atoms with van der Waals surface area (Å²) in [7, 11) is 0. The van der Waals surface area contributed by atoms with Gasteiger partial charge in [0.1, 0.15) is 5.76 Å². The molecule has 2 aromatic rings. The second-order valence-corrected chi connectivity index (χ2v) is 6.49. The van der Waals surface area contributed by atoms with Crippen LogP contribution in [0.3, 0.4) is 0 Å². The number of benzene rings is 1. The van der Waals surface area contributed by atoms with Gasteiger partial charge in [-0.1, -0.05) is 26.8 Å². The van der Waals surface area contributed by atoms with Crippen LogP contribution in [0, 0.1) is 5.41 Å². The summed E-state index contributed by atoms with van der Waals surface area (Å²) in [5, 5.41) is 8.65. The van der Waals surface area contributed by atoms with Gasteiger partial charge < -0.3 is 20.4 Å². The average molecular weight is 329 g/mol. The third kappa shape index (κ3) is 5.46. The largest absolute Gasteiger partial charge is 0.467 e. The Balaban J connectivity index is 1.83. The van der Waals surface area contributed by atoms with Crippen molar-refractivity contribution in [1.29, 1.82) is 0 Å². The minimum atomic E-state index is -0.463. The maximum atomic E-state index is 12.0. The Labute approximate surface area is 141 Å². The van der Waals surface area contributed by atoms with Gasteiger partial charge in [0.25, 0.3) is 0 Å². The van der Waals surface area contributed by atoms with Gasteiger partial charge in [0.2, 0.25) is 11.8 Å². The van der Waals surface area contributed by atoms with Crippen molar-refractivity contribution in [2.75, 3.05) is 17.2 Å². The van der Waals surface area contributed by atoms with Gasteiger partial charge >= 0.3 is 0 Å². The smallest absolute Gasteiger partial charge is 0.239 e. The van der Waals surface area contributed by atoms with Crippen molar-refractivity contribution in [3.8, 4) is 0 Å². The molecule has 24 heavy (non-hydrogen) atoms. The highest BCUT2D eigenvalue weighted by Crippen LogP contribution is 2.19. The molecule has 0 unspecified atom stereocenters. The summed E-state index contributed by atoms with van der Waals surface area (Å²) in [6, 6.07) is 10.8. The van der Waals surface area contributed by atoms with Crippen LogP contribution in [0.1, 0.15) is 26.5 Å². The van der Waals surface area contributed by atoms with Crippen LogP contribution in [-0.4, -0.2) is 18.4 Å². The van der Waals surface area contributed by atoms with Gasteiger partial charge in [-0.15, -0.1) is 0 Å². The second-order valence-electron chi connectivity index (χ2n) is 6.49. The van der Waals surface area contributed by atoms with Crippen LogP contribution in [0.15, 0.2) is 47.1 Å². The van der Waals surface area contributed by atoms with Gasteiger partial charge in [-0.2, -0.15) is 0 Å². The molecule has 3 N–H and O–H groups in total. The van der Waals surface area contributed by atoms with Gasteiger partial charge in [-0.05, 0) is 30.3 Å². The molecular formula is C18H23N3O3. The highest BCUT2D eigenvalue weighted by Gasteiger charge is 2.21. The molecule has 0 saturated heterocycles. The van der Waals surface area contributed by atoms with E-state index in [1.807, 2.05) is 39.0 Å². The fraction of sp³-hybridized carbons (Fsp3) is 0.333. The van der Waals surface area contributed by atoms with E-state index in [0.29, 0.717) is 18.0 Å². The Kier molecular flexibility index (Phi) is 5.63. The number of anilines is 2. The van der Waals surface area contributed by atoms with Gasteiger partial charge in [-0.3, -0.25) is 9.59 Å². The summed E-state index contributed by atoms with van der Waals surface area (Å²) in [5.74, 6) is 0.501. The number of carbonyl (C=O) groups excluding carboxylic acids is 2. The van der Waals surface area contributed by atoms with Crippen molar-refractivity contribution in [2.45, 2.75) is 27.3 Å². The first-order chi connectivity index (χ1) is 11.3. The molecule has 128 valence electrons. The van der Waals surface area contributed by atoms with Crippen molar-refractivity contribution in [2.24, 2.45) is 5.41 Å². The maximum absolute atomic E-state index is 12.0. The first-order valence-electron chi connectivity index (χ1n) is 7.79. The quantitative estimate of drug-likeness (QED) is 0.761. The molecule has 2 rings (SSSR count). The monoisotopic (exact) mass is 329 g/mol. The zero-order chi connectivity index (χ0) is 17.6. The molecule has 0 atom stereocenters. The Hall–Kier alpha value is -2.76. The number of carbonyl (C=O) groups is 2. The fourth-order valence-electron chi connectivity index (χ4n) is 1.87. The Morgan fingerprint density at radius 3 is 2.50 bits per heavy atom. The summed E-state index contributed by atoms with van der Waals surface area (Å²) in [5.41, 5.74) is 0.987. The molecule has 1 heterocycles. The summed E-state index contributed by atoms with van der Waals surface area (Å²) >= 11 is 0. The van der Waals surface area contributed by atoms with Crippen molar-refractivity contribution in [3.63, 3.8) is 0 Å². The first-order valence-corrected chi connectivity index (χ1v) is 7.79. The van der Waals surface area contributed by atoms with E-state index in [0.717, 1.165) is 5.69 Å². The molecule has 0 aliphatic heterocycles.